The van der Waals surface area contributed by atoms with Crippen LogP contribution in [0.5, 0.6) is 0 Å². The third-order valence-corrected chi connectivity index (χ3v) is 3.87. The van der Waals surface area contributed by atoms with Gasteiger partial charge in [0.05, 0.1) is 0 Å². The summed E-state index contributed by atoms with van der Waals surface area (Å²) in [6.45, 7) is 10.9. The quantitative estimate of drug-likeness (QED) is 0.809. The number of anilines is 2. The summed E-state index contributed by atoms with van der Waals surface area (Å²) in [7, 11) is 0. The number of hydrogen-bond donors (Lipinski definition) is 2. The molecule has 0 bridgehead atoms. The Labute approximate surface area is 128 Å². The van der Waals surface area contributed by atoms with Crippen molar-refractivity contribution < 1.29 is 0 Å². The number of piperidine rings is 1. The number of nitrogens with zero attached hydrogens (tertiary/aromatic N) is 3. The van der Waals surface area contributed by atoms with Gasteiger partial charge in [0.15, 0.2) is 0 Å². The maximum atomic E-state index is 4.52. The first-order valence-electron chi connectivity index (χ1n) is 8.29. The van der Waals surface area contributed by atoms with Gasteiger partial charge in [-0.15, -0.1) is 0 Å². The predicted molar refractivity (Wildman–Crippen MR) is 88.9 cm³/mol. The molecule has 2 N–H and O–H groups in total. The molecular formula is C16H29N5. The Morgan fingerprint density at radius 1 is 1.14 bits per heavy atom. The Kier molecular flexibility index (Phi) is 6.23. The molecule has 1 aliphatic rings. The summed E-state index contributed by atoms with van der Waals surface area (Å²) in [6.07, 6.45) is 4.74. The van der Waals surface area contributed by atoms with Crippen LogP contribution in [0.1, 0.15) is 45.4 Å². The lowest BCUT2D eigenvalue weighted by Crippen LogP contribution is -2.39. The van der Waals surface area contributed by atoms with E-state index in [9.17, 15) is 0 Å². The summed E-state index contributed by atoms with van der Waals surface area (Å²) in [5.74, 6) is 2.70. The van der Waals surface area contributed by atoms with Crippen LogP contribution in [0.25, 0.3) is 0 Å². The zero-order valence-corrected chi connectivity index (χ0v) is 13.7. The number of aryl methyl sites for hydroxylation is 1. The van der Waals surface area contributed by atoms with Crippen LogP contribution in [0.4, 0.5) is 11.6 Å². The number of likely N-dealkylation sites (tertiary alicyclic amines) is 1. The SMILES string of the molecule is CCCNc1cc(NC2CCN(CCC)CC2)nc(C)n1. The van der Waals surface area contributed by atoms with E-state index in [0.29, 0.717) is 6.04 Å². The van der Waals surface area contributed by atoms with Gasteiger partial charge in [-0.25, -0.2) is 9.97 Å². The summed E-state index contributed by atoms with van der Waals surface area (Å²) in [4.78, 5) is 11.5. The second-order valence-electron chi connectivity index (χ2n) is 5.87. The summed E-state index contributed by atoms with van der Waals surface area (Å²) < 4.78 is 0. The summed E-state index contributed by atoms with van der Waals surface area (Å²) in [6, 6.07) is 2.56. The molecule has 1 saturated heterocycles. The predicted octanol–water partition coefficient (Wildman–Crippen LogP) is 2.89. The van der Waals surface area contributed by atoms with Crippen molar-refractivity contribution in [2.75, 3.05) is 36.8 Å². The van der Waals surface area contributed by atoms with E-state index in [1.54, 1.807) is 0 Å². The third-order valence-electron chi connectivity index (χ3n) is 3.87. The standard InChI is InChI=1S/C16H29N5/c1-4-8-17-15-12-16(19-13(3)18-15)20-14-6-10-21(9-5-2)11-7-14/h12,14H,4-11H2,1-3H3,(H2,17,18,19,20). The van der Waals surface area contributed by atoms with Crippen molar-refractivity contribution >= 4 is 11.6 Å². The van der Waals surface area contributed by atoms with Gasteiger partial charge in [0.25, 0.3) is 0 Å². The molecule has 1 fully saturated rings. The Morgan fingerprint density at radius 3 is 2.52 bits per heavy atom. The molecule has 0 aliphatic carbocycles. The van der Waals surface area contributed by atoms with E-state index in [-0.39, 0.29) is 0 Å². The Morgan fingerprint density at radius 2 is 1.86 bits per heavy atom. The van der Waals surface area contributed by atoms with Crippen molar-refractivity contribution in [1.82, 2.24) is 14.9 Å². The molecule has 21 heavy (non-hydrogen) atoms. The van der Waals surface area contributed by atoms with Gasteiger partial charge in [-0.3, -0.25) is 0 Å². The molecule has 0 amide bonds. The summed E-state index contributed by atoms with van der Waals surface area (Å²) in [5.41, 5.74) is 0. The fourth-order valence-electron chi connectivity index (χ4n) is 2.81. The van der Waals surface area contributed by atoms with E-state index in [1.807, 2.05) is 13.0 Å². The van der Waals surface area contributed by atoms with Gasteiger partial charge in [-0.05, 0) is 39.2 Å². The topological polar surface area (TPSA) is 53.1 Å². The van der Waals surface area contributed by atoms with E-state index in [2.05, 4.69) is 39.3 Å². The molecule has 1 aromatic rings. The highest BCUT2D eigenvalue weighted by molar-refractivity contribution is 5.48. The van der Waals surface area contributed by atoms with Crippen molar-refractivity contribution in [3.8, 4) is 0 Å². The van der Waals surface area contributed by atoms with Crippen LogP contribution in [-0.2, 0) is 0 Å². The zero-order chi connectivity index (χ0) is 15.1. The maximum absolute atomic E-state index is 4.52. The van der Waals surface area contributed by atoms with Crippen LogP contribution in [-0.4, -0.2) is 47.1 Å². The lowest BCUT2D eigenvalue weighted by atomic mass is 10.0. The molecule has 0 spiro atoms. The van der Waals surface area contributed by atoms with Crippen molar-refractivity contribution in [2.45, 2.75) is 52.5 Å². The number of nitrogens with one attached hydrogen (secondary N) is 2. The lowest BCUT2D eigenvalue weighted by molar-refractivity contribution is 0.219. The van der Waals surface area contributed by atoms with Crippen molar-refractivity contribution in [3.05, 3.63) is 11.9 Å². The van der Waals surface area contributed by atoms with E-state index >= 15 is 0 Å². The van der Waals surface area contributed by atoms with Crippen LogP contribution in [0.2, 0.25) is 0 Å². The van der Waals surface area contributed by atoms with Crippen molar-refractivity contribution in [2.24, 2.45) is 0 Å². The van der Waals surface area contributed by atoms with Gasteiger partial charge in [0, 0.05) is 31.7 Å². The van der Waals surface area contributed by atoms with Crippen LogP contribution in [0, 0.1) is 6.92 Å². The smallest absolute Gasteiger partial charge is 0.132 e. The molecule has 2 heterocycles. The Balaban J connectivity index is 1.89. The van der Waals surface area contributed by atoms with Crippen molar-refractivity contribution in [3.63, 3.8) is 0 Å². The van der Waals surface area contributed by atoms with E-state index in [4.69, 9.17) is 0 Å². The van der Waals surface area contributed by atoms with Crippen LogP contribution >= 0.6 is 0 Å². The normalized spacial score (nSPS) is 16.9. The summed E-state index contributed by atoms with van der Waals surface area (Å²) in [5, 5.41) is 6.92. The average Bonchev–Trinajstić information content (AvgIpc) is 2.47. The fourth-order valence-corrected chi connectivity index (χ4v) is 2.81. The maximum Gasteiger partial charge on any atom is 0.132 e. The number of rotatable bonds is 7. The van der Waals surface area contributed by atoms with Gasteiger partial charge < -0.3 is 15.5 Å². The molecule has 118 valence electrons. The van der Waals surface area contributed by atoms with Crippen LogP contribution in [0.3, 0.4) is 0 Å². The fraction of sp³-hybridized carbons (Fsp3) is 0.750. The number of hydrogen-bond acceptors (Lipinski definition) is 5. The first-order valence-corrected chi connectivity index (χ1v) is 8.29. The molecule has 1 aromatic heterocycles. The first kappa shape index (κ1) is 16.0. The van der Waals surface area contributed by atoms with Gasteiger partial charge in [-0.2, -0.15) is 0 Å². The molecule has 0 unspecified atom stereocenters. The first-order chi connectivity index (χ1) is 10.2. The monoisotopic (exact) mass is 291 g/mol. The van der Waals surface area contributed by atoms with Crippen molar-refractivity contribution in [1.29, 1.82) is 0 Å². The van der Waals surface area contributed by atoms with E-state index < -0.39 is 0 Å². The third kappa shape index (κ3) is 5.16. The second-order valence-corrected chi connectivity index (χ2v) is 5.87. The van der Waals surface area contributed by atoms with Gasteiger partial charge in [0.1, 0.15) is 17.5 Å². The van der Waals surface area contributed by atoms with Crippen LogP contribution < -0.4 is 10.6 Å². The Bertz CT molecular complexity index is 427. The second kappa shape index (κ2) is 8.17. The number of aromatic nitrogens is 2. The summed E-state index contributed by atoms with van der Waals surface area (Å²) >= 11 is 0. The van der Waals surface area contributed by atoms with Gasteiger partial charge in [0.2, 0.25) is 0 Å². The minimum Gasteiger partial charge on any atom is -0.370 e. The largest absolute Gasteiger partial charge is 0.370 e. The van der Waals surface area contributed by atoms with Gasteiger partial charge in [-0.1, -0.05) is 13.8 Å². The highest BCUT2D eigenvalue weighted by Gasteiger charge is 2.18. The van der Waals surface area contributed by atoms with E-state index in [0.717, 1.165) is 30.4 Å². The molecule has 0 radical (unpaired) electrons. The average molecular weight is 291 g/mol. The lowest BCUT2D eigenvalue weighted by Gasteiger charge is -2.32. The highest BCUT2D eigenvalue weighted by Crippen LogP contribution is 2.17. The molecule has 5 heteroatoms. The van der Waals surface area contributed by atoms with Crippen LogP contribution in [0.15, 0.2) is 6.07 Å². The zero-order valence-electron chi connectivity index (χ0n) is 13.7. The van der Waals surface area contributed by atoms with E-state index in [1.165, 1.54) is 38.9 Å². The molecule has 2 rings (SSSR count). The molecule has 0 saturated carbocycles. The Hall–Kier alpha value is -1.36. The molecule has 1 aliphatic heterocycles. The molecule has 5 nitrogen and oxygen atoms in total. The minimum absolute atomic E-state index is 0.534. The minimum atomic E-state index is 0.534. The molecule has 0 aromatic carbocycles. The molecule has 0 atom stereocenters. The highest BCUT2D eigenvalue weighted by atomic mass is 15.2. The van der Waals surface area contributed by atoms with Gasteiger partial charge >= 0.3 is 0 Å². The molecular weight excluding hydrogens is 262 g/mol.